The van der Waals surface area contributed by atoms with E-state index < -0.39 is 5.60 Å². The van der Waals surface area contributed by atoms with Crippen molar-refractivity contribution in [1.29, 1.82) is 0 Å². The maximum atomic E-state index is 13.9. The topological polar surface area (TPSA) is 104 Å². The van der Waals surface area contributed by atoms with Crippen LogP contribution in [0, 0.1) is 11.7 Å². The molecule has 50 heavy (non-hydrogen) atoms. The third kappa shape index (κ3) is 8.33. The molecule has 1 atom stereocenters. The monoisotopic (exact) mass is 683 g/mol. The van der Waals surface area contributed by atoms with E-state index in [-0.39, 0.29) is 35.7 Å². The highest BCUT2D eigenvalue weighted by atomic mass is 19.1. The van der Waals surface area contributed by atoms with Gasteiger partial charge in [-0.05, 0) is 81.0 Å². The van der Waals surface area contributed by atoms with Gasteiger partial charge in [-0.2, -0.15) is 0 Å². The minimum atomic E-state index is -0.559. The number of carbonyl (C=O) groups is 3. The highest BCUT2D eigenvalue weighted by Gasteiger charge is 2.32. The van der Waals surface area contributed by atoms with E-state index in [9.17, 15) is 18.8 Å². The highest BCUT2D eigenvalue weighted by molar-refractivity contribution is 5.95. The number of amides is 3. The van der Waals surface area contributed by atoms with Crippen LogP contribution >= 0.6 is 0 Å². The van der Waals surface area contributed by atoms with Gasteiger partial charge in [0.05, 0.1) is 42.6 Å². The van der Waals surface area contributed by atoms with Crippen LogP contribution in [-0.2, 0) is 14.3 Å². The van der Waals surface area contributed by atoms with Crippen molar-refractivity contribution in [3.05, 3.63) is 101 Å². The summed E-state index contributed by atoms with van der Waals surface area (Å²) in [6, 6.07) is 16.2. The molecule has 0 aliphatic carbocycles. The Labute approximate surface area is 293 Å². The molecule has 0 saturated carbocycles. The molecule has 3 fully saturated rings. The van der Waals surface area contributed by atoms with E-state index in [0.29, 0.717) is 70.9 Å². The Balaban J connectivity index is 1.11. The van der Waals surface area contributed by atoms with Gasteiger partial charge in [0.15, 0.2) is 0 Å². The molecular weight excluding hydrogens is 637 g/mol. The summed E-state index contributed by atoms with van der Waals surface area (Å²) >= 11 is 0. The Morgan fingerprint density at radius 3 is 2.06 bits per heavy atom. The molecule has 0 spiro atoms. The van der Waals surface area contributed by atoms with Gasteiger partial charge in [-0.15, -0.1) is 0 Å². The number of ether oxygens (including phenoxy) is 2. The second-order valence-corrected chi connectivity index (χ2v) is 14.2. The Hall–Kier alpha value is -4.77. The van der Waals surface area contributed by atoms with Crippen LogP contribution in [-0.4, -0.2) is 90.8 Å². The number of hydrogen-bond donors (Lipinski definition) is 1. The number of piperazine rings is 1. The fourth-order valence-electron chi connectivity index (χ4n) is 6.58. The summed E-state index contributed by atoms with van der Waals surface area (Å²) in [5, 5.41) is 3.11. The molecule has 3 aromatic rings. The Bertz CT molecular complexity index is 1710. The quantitative estimate of drug-likeness (QED) is 0.334. The van der Waals surface area contributed by atoms with Gasteiger partial charge in [0, 0.05) is 45.5 Å². The van der Waals surface area contributed by atoms with E-state index in [1.54, 1.807) is 29.4 Å². The van der Waals surface area contributed by atoms with E-state index in [0.717, 1.165) is 28.0 Å². The van der Waals surface area contributed by atoms with Crippen molar-refractivity contribution in [2.45, 2.75) is 52.2 Å². The number of piperidine rings is 1. The van der Waals surface area contributed by atoms with Crippen LogP contribution in [0.1, 0.15) is 73.6 Å². The highest BCUT2D eigenvalue weighted by Crippen LogP contribution is 2.34. The maximum Gasteiger partial charge on any atom is 0.410 e. The molecule has 0 radical (unpaired) electrons. The Kier molecular flexibility index (Phi) is 10.5. The minimum absolute atomic E-state index is 0.0158. The summed E-state index contributed by atoms with van der Waals surface area (Å²) in [6.45, 7) is 12.2. The van der Waals surface area contributed by atoms with E-state index in [1.807, 2.05) is 62.9 Å². The largest absolute Gasteiger partial charge is 0.444 e. The molecule has 11 heteroatoms. The third-order valence-electron chi connectivity index (χ3n) is 9.48. The average Bonchev–Trinajstić information content (AvgIpc) is 3.08. The van der Waals surface area contributed by atoms with Crippen LogP contribution in [0.5, 0.6) is 0 Å². The van der Waals surface area contributed by atoms with E-state index in [2.05, 4.69) is 15.2 Å². The number of rotatable bonds is 7. The van der Waals surface area contributed by atoms with Crippen LogP contribution in [0.15, 0.2) is 72.6 Å². The lowest BCUT2D eigenvalue weighted by atomic mass is 9.88. The fourth-order valence-corrected chi connectivity index (χ4v) is 6.58. The van der Waals surface area contributed by atoms with Crippen LogP contribution < -0.4 is 10.2 Å². The molecule has 264 valence electrons. The zero-order valence-electron chi connectivity index (χ0n) is 29.3. The van der Waals surface area contributed by atoms with Crippen LogP contribution in [0.25, 0.3) is 5.57 Å². The number of hydrogen-bond acceptors (Lipinski definition) is 7. The number of halogens is 1. The molecule has 6 rings (SSSR count). The molecule has 3 amide bonds. The SMILES string of the molecule is C[C@@H](NC(=O)c1cncc(N2CCN(C(=O)C3COC3)CC2)c1)c1ccc(C(=C2CCN(C(=O)OC(C)(C)C)CC2)c2ccc(F)cc2)cc1. The number of anilines is 1. The lowest BCUT2D eigenvalue weighted by Gasteiger charge is -2.39. The van der Waals surface area contributed by atoms with Gasteiger partial charge in [0.2, 0.25) is 5.91 Å². The predicted octanol–water partition coefficient (Wildman–Crippen LogP) is 5.84. The first-order chi connectivity index (χ1) is 23.9. The van der Waals surface area contributed by atoms with Crippen LogP contribution in [0.2, 0.25) is 0 Å². The molecule has 0 unspecified atom stereocenters. The first-order valence-electron chi connectivity index (χ1n) is 17.4. The molecular formula is C39H46FN5O5. The van der Waals surface area contributed by atoms with Crippen molar-refractivity contribution < 1.29 is 28.2 Å². The van der Waals surface area contributed by atoms with Crippen LogP contribution in [0.3, 0.4) is 0 Å². The van der Waals surface area contributed by atoms with Gasteiger partial charge in [0.1, 0.15) is 11.4 Å². The Morgan fingerprint density at radius 1 is 0.860 bits per heavy atom. The zero-order chi connectivity index (χ0) is 35.4. The number of pyridine rings is 1. The van der Waals surface area contributed by atoms with E-state index >= 15 is 0 Å². The summed E-state index contributed by atoms with van der Waals surface area (Å²) in [4.78, 5) is 48.8. The normalized spacial score (nSPS) is 17.5. The van der Waals surface area contributed by atoms with Crippen molar-refractivity contribution in [3.63, 3.8) is 0 Å². The molecule has 1 aromatic heterocycles. The van der Waals surface area contributed by atoms with Gasteiger partial charge >= 0.3 is 6.09 Å². The average molecular weight is 684 g/mol. The van der Waals surface area contributed by atoms with Crippen LogP contribution in [0.4, 0.5) is 14.9 Å². The smallest absolute Gasteiger partial charge is 0.410 e. The summed E-state index contributed by atoms with van der Waals surface area (Å²) in [5.74, 6) is -0.376. The molecule has 3 saturated heterocycles. The number of likely N-dealkylation sites (tertiary alicyclic amines) is 1. The van der Waals surface area contributed by atoms with Gasteiger partial charge in [-0.3, -0.25) is 14.6 Å². The molecule has 0 bridgehead atoms. The third-order valence-corrected chi connectivity index (χ3v) is 9.48. The van der Waals surface area contributed by atoms with Crippen molar-refractivity contribution in [2.24, 2.45) is 5.92 Å². The van der Waals surface area contributed by atoms with E-state index in [4.69, 9.17) is 9.47 Å². The van der Waals surface area contributed by atoms with Gasteiger partial charge in [-0.25, -0.2) is 9.18 Å². The maximum absolute atomic E-state index is 13.9. The fraction of sp³-hybridized carbons (Fsp3) is 0.436. The molecule has 1 N–H and O–H groups in total. The lowest BCUT2D eigenvalue weighted by Crippen LogP contribution is -2.53. The van der Waals surface area contributed by atoms with E-state index in [1.165, 1.54) is 17.7 Å². The Morgan fingerprint density at radius 2 is 1.48 bits per heavy atom. The standard InChI is InChI=1S/C39H46FN5O5/c1-26(42-36(46)31-21-34(23-41-22-31)43-17-19-44(20-18-43)37(47)32-24-49-25-32)27-5-7-28(8-6-27)35(29-9-11-33(40)12-10-29)30-13-15-45(16-14-30)38(48)50-39(2,3)4/h5-12,21-23,26,32H,13-20,24-25H2,1-4H3,(H,42,46)/t26-/m1/s1. The summed E-state index contributed by atoms with van der Waals surface area (Å²) in [6.07, 6.45) is 4.37. The summed E-state index contributed by atoms with van der Waals surface area (Å²) < 4.78 is 24.7. The number of benzene rings is 2. The summed E-state index contributed by atoms with van der Waals surface area (Å²) in [5.41, 5.74) is 5.82. The number of nitrogens with one attached hydrogen (secondary N) is 1. The number of nitrogens with zero attached hydrogens (tertiary/aromatic N) is 4. The van der Waals surface area contributed by atoms with Crippen molar-refractivity contribution in [3.8, 4) is 0 Å². The number of carbonyl (C=O) groups excluding carboxylic acids is 3. The summed E-state index contributed by atoms with van der Waals surface area (Å²) in [7, 11) is 0. The second-order valence-electron chi connectivity index (χ2n) is 14.2. The molecule has 10 nitrogen and oxygen atoms in total. The van der Waals surface area contributed by atoms with Crippen molar-refractivity contribution >= 4 is 29.2 Å². The lowest BCUT2D eigenvalue weighted by molar-refractivity contribution is -0.150. The zero-order valence-corrected chi connectivity index (χ0v) is 29.3. The van der Waals surface area contributed by atoms with Gasteiger partial charge in [0.25, 0.3) is 5.91 Å². The minimum Gasteiger partial charge on any atom is -0.444 e. The first kappa shape index (κ1) is 35.1. The van der Waals surface area contributed by atoms with Crippen molar-refractivity contribution in [2.75, 3.05) is 57.4 Å². The van der Waals surface area contributed by atoms with Crippen molar-refractivity contribution in [1.82, 2.24) is 20.1 Å². The molecule has 3 aliphatic heterocycles. The number of aromatic nitrogens is 1. The first-order valence-corrected chi connectivity index (χ1v) is 17.4. The molecule has 4 heterocycles. The van der Waals surface area contributed by atoms with Gasteiger partial charge in [-0.1, -0.05) is 42.0 Å². The second kappa shape index (κ2) is 15.0. The molecule has 2 aromatic carbocycles. The predicted molar refractivity (Wildman–Crippen MR) is 189 cm³/mol. The van der Waals surface area contributed by atoms with Gasteiger partial charge < -0.3 is 29.5 Å². The molecule has 3 aliphatic rings.